The molecule has 0 saturated carbocycles. The van der Waals surface area contributed by atoms with Crippen LogP contribution in [0.4, 0.5) is 11.4 Å². The number of hydrogen-bond donors (Lipinski definition) is 3. The number of thiocarbonyl (C=S) groups is 1. The molecule has 4 rings (SSSR count). The first-order valence-electron chi connectivity index (χ1n) is 10.4. The Morgan fingerprint density at radius 3 is 1.82 bits per heavy atom. The highest BCUT2D eigenvalue weighted by atomic mass is 32.2. The fraction of sp³-hybridized carbons (Fsp3) is 0. The number of para-hydroxylation sites is 1. The van der Waals surface area contributed by atoms with Gasteiger partial charge >= 0.3 is 0 Å². The molecule has 6 nitrogen and oxygen atoms in total. The van der Waals surface area contributed by atoms with E-state index in [9.17, 15) is 13.2 Å². The highest BCUT2D eigenvalue weighted by Gasteiger charge is 2.14. The van der Waals surface area contributed by atoms with E-state index in [4.69, 9.17) is 12.2 Å². The van der Waals surface area contributed by atoms with E-state index in [0.29, 0.717) is 16.9 Å². The second-order valence-electron chi connectivity index (χ2n) is 7.35. The molecule has 4 aromatic rings. The van der Waals surface area contributed by atoms with Crippen molar-refractivity contribution in [1.82, 2.24) is 5.32 Å². The van der Waals surface area contributed by atoms with Gasteiger partial charge in [0.2, 0.25) is 0 Å². The molecule has 1 amide bonds. The molecule has 0 saturated heterocycles. The van der Waals surface area contributed by atoms with Crippen LogP contribution in [-0.4, -0.2) is 19.4 Å². The Morgan fingerprint density at radius 2 is 1.21 bits per heavy atom. The van der Waals surface area contributed by atoms with Crippen LogP contribution in [-0.2, 0) is 10.0 Å². The van der Waals surface area contributed by atoms with Gasteiger partial charge in [-0.05, 0) is 71.9 Å². The van der Waals surface area contributed by atoms with Crippen molar-refractivity contribution >= 4 is 44.6 Å². The Morgan fingerprint density at radius 1 is 0.647 bits per heavy atom. The largest absolute Gasteiger partial charge is 0.332 e. The quantitative estimate of drug-likeness (QED) is 0.322. The van der Waals surface area contributed by atoms with Crippen molar-refractivity contribution in [3.05, 3.63) is 115 Å². The topological polar surface area (TPSA) is 87.3 Å². The summed E-state index contributed by atoms with van der Waals surface area (Å²) in [6.07, 6.45) is 0. The molecule has 0 spiro atoms. The Balaban J connectivity index is 1.35. The molecule has 0 bridgehead atoms. The summed E-state index contributed by atoms with van der Waals surface area (Å²) in [6.45, 7) is 0. The number of sulfonamides is 1. The first-order chi connectivity index (χ1) is 16.4. The smallest absolute Gasteiger partial charge is 0.261 e. The van der Waals surface area contributed by atoms with Crippen LogP contribution in [0, 0.1) is 0 Å². The number of nitrogens with one attached hydrogen (secondary N) is 3. The van der Waals surface area contributed by atoms with Crippen molar-refractivity contribution < 1.29 is 13.2 Å². The molecule has 4 aromatic carbocycles. The lowest BCUT2D eigenvalue weighted by atomic mass is 10.0. The second kappa shape index (κ2) is 10.3. The van der Waals surface area contributed by atoms with E-state index in [1.54, 1.807) is 54.6 Å². The van der Waals surface area contributed by atoms with Crippen LogP contribution in [0.2, 0.25) is 0 Å². The molecular weight excluding hydrogens is 466 g/mol. The van der Waals surface area contributed by atoms with Gasteiger partial charge in [0.1, 0.15) is 0 Å². The van der Waals surface area contributed by atoms with Gasteiger partial charge < -0.3 is 5.32 Å². The van der Waals surface area contributed by atoms with E-state index in [2.05, 4.69) is 15.4 Å². The maximum atomic E-state index is 12.5. The summed E-state index contributed by atoms with van der Waals surface area (Å²) in [7, 11) is -3.72. The fourth-order valence-corrected chi connectivity index (χ4v) is 4.49. The minimum absolute atomic E-state index is 0.107. The zero-order valence-electron chi connectivity index (χ0n) is 17.9. The Labute approximate surface area is 203 Å². The normalized spacial score (nSPS) is 10.8. The third-order valence-electron chi connectivity index (χ3n) is 4.93. The summed E-state index contributed by atoms with van der Waals surface area (Å²) in [5, 5.41) is 5.63. The standard InChI is InChI=1S/C26H21N3O3S2/c30-25(21-13-11-20(12-14-21)19-7-3-1-4-8-19)28-26(33)27-22-15-17-24(18-16-22)34(31,32)29-23-9-5-2-6-10-23/h1-18,29H,(H2,27,28,30,33). The van der Waals surface area contributed by atoms with Crippen LogP contribution in [0.5, 0.6) is 0 Å². The van der Waals surface area contributed by atoms with Crippen molar-refractivity contribution in [2.75, 3.05) is 10.0 Å². The predicted octanol–water partition coefficient (Wildman–Crippen LogP) is 5.28. The molecule has 0 heterocycles. The van der Waals surface area contributed by atoms with Gasteiger partial charge in [-0.15, -0.1) is 0 Å². The maximum absolute atomic E-state index is 12.5. The summed E-state index contributed by atoms with van der Waals surface area (Å²) in [4.78, 5) is 12.6. The van der Waals surface area contributed by atoms with Crippen molar-refractivity contribution in [3.8, 4) is 11.1 Å². The van der Waals surface area contributed by atoms with Crippen molar-refractivity contribution in [3.63, 3.8) is 0 Å². The minimum Gasteiger partial charge on any atom is -0.332 e. The summed E-state index contributed by atoms with van der Waals surface area (Å²) in [5.74, 6) is -0.344. The van der Waals surface area contributed by atoms with Crippen molar-refractivity contribution in [2.45, 2.75) is 4.90 Å². The fourth-order valence-electron chi connectivity index (χ4n) is 3.22. The first kappa shape index (κ1) is 23.2. The summed E-state index contributed by atoms with van der Waals surface area (Å²) >= 11 is 5.23. The third-order valence-corrected chi connectivity index (χ3v) is 6.53. The van der Waals surface area contributed by atoms with Gasteiger partial charge in [-0.2, -0.15) is 0 Å². The molecule has 3 N–H and O–H groups in total. The monoisotopic (exact) mass is 487 g/mol. The van der Waals surface area contributed by atoms with Crippen LogP contribution in [0.3, 0.4) is 0 Å². The zero-order valence-corrected chi connectivity index (χ0v) is 19.6. The molecule has 0 unspecified atom stereocenters. The SMILES string of the molecule is O=C(NC(=S)Nc1ccc(S(=O)(=O)Nc2ccccc2)cc1)c1ccc(-c2ccccc2)cc1. The van der Waals surface area contributed by atoms with Gasteiger partial charge in [-0.1, -0.05) is 60.7 Å². The van der Waals surface area contributed by atoms with E-state index >= 15 is 0 Å². The first-order valence-corrected chi connectivity index (χ1v) is 12.3. The molecule has 34 heavy (non-hydrogen) atoms. The Kier molecular flexibility index (Phi) is 7.01. The lowest BCUT2D eigenvalue weighted by Gasteiger charge is -2.11. The Hall–Kier alpha value is -4.01. The van der Waals surface area contributed by atoms with Crippen molar-refractivity contribution in [1.29, 1.82) is 0 Å². The van der Waals surface area contributed by atoms with Gasteiger partial charge in [0.25, 0.3) is 15.9 Å². The molecule has 0 aliphatic rings. The number of rotatable bonds is 6. The van der Waals surface area contributed by atoms with Gasteiger partial charge in [0.05, 0.1) is 4.90 Å². The lowest BCUT2D eigenvalue weighted by molar-refractivity contribution is 0.0977. The molecule has 0 aromatic heterocycles. The van der Waals surface area contributed by atoms with E-state index in [-0.39, 0.29) is 15.9 Å². The summed E-state index contributed by atoms with van der Waals surface area (Å²) < 4.78 is 27.6. The summed E-state index contributed by atoms with van der Waals surface area (Å²) in [5.41, 5.74) is 3.57. The average Bonchev–Trinajstić information content (AvgIpc) is 2.85. The van der Waals surface area contributed by atoms with Crippen LogP contribution < -0.4 is 15.4 Å². The molecule has 0 radical (unpaired) electrons. The highest BCUT2D eigenvalue weighted by Crippen LogP contribution is 2.20. The van der Waals surface area contributed by atoms with Crippen LogP contribution >= 0.6 is 12.2 Å². The molecule has 0 aliphatic heterocycles. The number of carbonyl (C=O) groups excluding carboxylic acids is 1. The summed E-state index contributed by atoms with van der Waals surface area (Å²) in [6, 6.07) is 31.8. The van der Waals surface area contributed by atoms with E-state index in [0.717, 1.165) is 11.1 Å². The minimum atomic E-state index is -3.72. The molecular formula is C26H21N3O3S2. The lowest BCUT2D eigenvalue weighted by Crippen LogP contribution is -2.34. The van der Waals surface area contributed by atoms with Gasteiger partial charge in [0, 0.05) is 16.9 Å². The molecule has 0 fully saturated rings. The molecule has 0 atom stereocenters. The average molecular weight is 488 g/mol. The highest BCUT2D eigenvalue weighted by molar-refractivity contribution is 7.92. The van der Waals surface area contributed by atoms with Crippen LogP contribution in [0.1, 0.15) is 10.4 Å². The molecule has 170 valence electrons. The maximum Gasteiger partial charge on any atom is 0.261 e. The molecule has 8 heteroatoms. The molecule has 0 aliphatic carbocycles. The number of amides is 1. The number of carbonyl (C=O) groups is 1. The van der Waals surface area contributed by atoms with Crippen molar-refractivity contribution in [2.24, 2.45) is 0 Å². The van der Waals surface area contributed by atoms with Gasteiger partial charge in [-0.25, -0.2) is 8.42 Å². The van der Waals surface area contributed by atoms with E-state index < -0.39 is 10.0 Å². The zero-order chi connectivity index (χ0) is 24.0. The van der Waals surface area contributed by atoms with Crippen LogP contribution in [0.15, 0.2) is 114 Å². The van der Waals surface area contributed by atoms with Gasteiger partial charge in [0.15, 0.2) is 5.11 Å². The van der Waals surface area contributed by atoms with E-state index in [1.807, 2.05) is 42.5 Å². The number of anilines is 2. The second-order valence-corrected chi connectivity index (χ2v) is 9.44. The Bertz CT molecular complexity index is 1390. The van der Waals surface area contributed by atoms with Gasteiger partial charge in [-0.3, -0.25) is 14.8 Å². The van der Waals surface area contributed by atoms with E-state index in [1.165, 1.54) is 12.1 Å². The number of hydrogen-bond acceptors (Lipinski definition) is 4. The van der Waals surface area contributed by atoms with Crippen LogP contribution in [0.25, 0.3) is 11.1 Å². The third kappa shape index (κ3) is 5.86. The number of benzene rings is 4. The predicted molar refractivity (Wildman–Crippen MR) is 139 cm³/mol.